The Balaban J connectivity index is 1.85. The Kier molecular flexibility index (Phi) is 5.15. The van der Waals surface area contributed by atoms with E-state index in [1.54, 1.807) is 18.2 Å². The highest BCUT2D eigenvalue weighted by Gasteiger charge is 2.56. The van der Waals surface area contributed by atoms with Crippen molar-refractivity contribution in [3.05, 3.63) is 36.4 Å². The first-order valence-electron chi connectivity index (χ1n) is 8.68. The molecule has 1 aliphatic carbocycles. The molecule has 3 N–H and O–H groups in total. The van der Waals surface area contributed by atoms with Gasteiger partial charge in [-0.05, 0) is 37.8 Å². The number of nitrogens with one attached hydrogen (secondary N) is 1. The van der Waals surface area contributed by atoms with Crippen molar-refractivity contribution in [3.63, 3.8) is 0 Å². The van der Waals surface area contributed by atoms with Gasteiger partial charge in [0.1, 0.15) is 16.2 Å². The third-order valence-electron chi connectivity index (χ3n) is 4.74. The van der Waals surface area contributed by atoms with Gasteiger partial charge in [0.15, 0.2) is 0 Å². The van der Waals surface area contributed by atoms with Gasteiger partial charge in [-0.25, -0.2) is 13.1 Å². The fourth-order valence-corrected chi connectivity index (χ4v) is 4.22. The predicted octanol–water partition coefficient (Wildman–Crippen LogP) is 2.11. The number of carbonyl (C=O) groups excluding carboxylic acids is 1. The summed E-state index contributed by atoms with van der Waals surface area (Å²) in [4.78, 5) is 12.4. The molecule has 6 nitrogen and oxygen atoms in total. The number of nitrogens with two attached hydrogens (primary N) is 1. The third-order valence-corrected chi connectivity index (χ3v) is 6.11. The van der Waals surface area contributed by atoms with E-state index in [1.165, 1.54) is 6.07 Å². The first-order chi connectivity index (χ1) is 11.9. The van der Waals surface area contributed by atoms with Crippen LogP contribution in [0.15, 0.2) is 41.3 Å². The Bertz CT molecular complexity index is 775. The molecule has 1 aliphatic heterocycles. The Hall–Kier alpha value is -1.86. The zero-order valence-corrected chi connectivity index (χ0v) is 14.9. The van der Waals surface area contributed by atoms with Crippen molar-refractivity contribution >= 4 is 15.9 Å². The number of ether oxygens (including phenoxy) is 1. The maximum atomic E-state index is 12.6. The standard InChI is InChI=1S/C18H24N2O4S/c19-18-13-14(18)9-5-3-1-2-4-8-12-24-15-10-6-7-11-16(15)25(22,23)20-17(18)21/h5-7,9-11,14H,1-4,8,12-13,19H2,(H,20,21)/t14-,18-/m1/s1. The third kappa shape index (κ3) is 4.04. The average Bonchev–Trinajstić information content (AvgIpc) is 3.24. The number of hydrogen-bond acceptors (Lipinski definition) is 5. The van der Waals surface area contributed by atoms with Gasteiger partial charge >= 0.3 is 0 Å². The van der Waals surface area contributed by atoms with Crippen molar-refractivity contribution in [2.45, 2.75) is 49.0 Å². The molecule has 0 saturated heterocycles. The van der Waals surface area contributed by atoms with Crippen LogP contribution >= 0.6 is 0 Å². The number of sulfonamides is 1. The number of para-hydroxylation sites is 1. The summed E-state index contributed by atoms with van der Waals surface area (Å²) in [5.41, 5.74) is 4.94. The smallest absolute Gasteiger partial charge is 0.267 e. The largest absolute Gasteiger partial charge is 0.492 e. The molecule has 0 spiro atoms. The van der Waals surface area contributed by atoms with Gasteiger partial charge in [-0.2, -0.15) is 0 Å². The van der Waals surface area contributed by atoms with Gasteiger partial charge in [0.2, 0.25) is 0 Å². The minimum Gasteiger partial charge on any atom is -0.492 e. The van der Waals surface area contributed by atoms with Crippen LogP contribution in [0.25, 0.3) is 0 Å². The van der Waals surface area contributed by atoms with Crippen LogP contribution in [0.2, 0.25) is 0 Å². The lowest BCUT2D eigenvalue weighted by molar-refractivity contribution is -0.121. The molecule has 1 aromatic carbocycles. The van der Waals surface area contributed by atoms with E-state index in [0.717, 1.165) is 32.1 Å². The molecule has 1 fully saturated rings. The van der Waals surface area contributed by atoms with E-state index in [-0.39, 0.29) is 16.6 Å². The van der Waals surface area contributed by atoms with Crippen LogP contribution in [0.1, 0.15) is 38.5 Å². The second-order valence-electron chi connectivity index (χ2n) is 6.71. The molecule has 1 saturated carbocycles. The van der Waals surface area contributed by atoms with E-state index in [2.05, 4.69) is 4.72 Å². The minimum atomic E-state index is -4.03. The second-order valence-corrected chi connectivity index (χ2v) is 8.36. The molecule has 25 heavy (non-hydrogen) atoms. The molecule has 2 atom stereocenters. The van der Waals surface area contributed by atoms with Crippen LogP contribution in [-0.4, -0.2) is 26.5 Å². The van der Waals surface area contributed by atoms with Crippen molar-refractivity contribution in [3.8, 4) is 5.75 Å². The van der Waals surface area contributed by atoms with Gasteiger partial charge in [0.05, 0.1) is 6.61 Å². The van der Waals surface area contributed by atoms with Crippen LogP contribution in [0, 0.1) is 5.92 Å². The number of amides is 1. The summed E-state index contributed by atoms with van der Waals surface area (Å²) >= 11 is 0. The molecule has 0 unspecified atom stereocenters. The Morgan fingerprint density at radius 1 is 1.16 bits per heavy atom. The van der Waals surface area contributed by atoms with Gasteiger partial charge in [0, 0.05) is 5.92 Å². The molecule has 1 aromatic rings. The Morgan fingerprint density at radius 3 is 2.76 bits per heavy atom. The van der Waals surface area contributed by atoms with E-state index in [4.69, 9.17) is 10.5 Å². The lowest BCUT2D eigenvalue weighted by atomic mass is 10.1. The molecule has 1 amide bonds. The number of carbonyl (C=O) groups is 1. The lowest BCUT2D eigenvalue weighted by Crippen LogP contribution is -2.46. The first-order valence-corrected chi connectivity index (χ1v) is 10.2. The fraction of sp³-hybridized carbons (Fsp3) is 0.500. The van der Waals surface area contributed by atoms with Crippen LogP contribution in [0.4, 0.5) is 0 Å². The SMILES string of the molecule is N[C@]12C[C@H]1C=CCCCCCCOc1ccccc1S(=O)(=O)NC2=O. The highest BCUT2D eigenvalue weighted by Crippen LogP contribution is 2.42. The molecule has 0 aromatic heterocycles. The number of fused-ring (bicyclic) bond motifs is 2. The van der Waals surface area contributed by atoms with Gasteiger partial charge in [-0.15, -0.1) is 0 Å². The minimum absolute atomic E-state index is 0.0354. The molecule has 136 valence electrons. The van der Waals surface area contributed by atoms with Crippen LogP contribution in [0.5, 0.6) is 5.75 Å². The topological polar surface area (TPSA) is 98.5 Å². The molecule has 1 heterocycles. The maximum Gasteiger partial charge on any atom is 0.267 e. The van der Waals surface area contributed by atoms with E-state index >= 15 is 0 Å². The van der Waals surface area contributed by atoms with E-state index in [0.29, 0.717) is 13.0 Å². The zero-order valence-electron chi connectivity index (χ0n) is 14.1. The summed E-state index contributed by atoms with van der Waals surface area (Å²) in [6, 6.07) is 6.34. The number of benzene rings is 1. The van der Waals surface area contributed by atoms with Crippen molar-refractivity contribution in [2.24, 2.45) is 11.7 Å². The van der Waals surface area contributed by atoms with Crippen LogP contribution < -0.4 is 15.2 Å². The Morgan fingerprint density at radius 2 is 1.92 bits per heavy atom. The van der Waals surface area contributed by atoms with E-state index in [1.807, 2.05) is 12.2 Å². The lowest BCUT2D eigenvalue weighted by Gasteiger charge is -2.15. The van der Waals surface area contributed by atoms with Gasteiger partial charge in [0.25, 0.3) is 15.9 Å². The summed E-state index contributed by atoms with van der Waals surface area (Å²) in [6.07, 6.45) is 9.44. The van der Waals surface area contributed by atoms with Crippen LogP contribution in [-0.2, 0) is 14.8 Å². The van der Waals surface area contributed by atoms with Crippen molar-refractivity contribution < 1.29 is 17.9 Å². The summed E-state index contributed by atoms with van der Waals surface area (Å²) < 4.78 is 33.0. The highest BCUT2D eigenvalue weighted by atomic mass is 32.2. The predicted molar refractivity (Wildman–Crippen MR) is 94.5 cm³/mol. The van der Waals surface area contributed by atoms with E-state index in [9.17, 15) is 13.2 Å². The second kappa shape index (κ2) is 7.17. The maximum absolute atomic E-state index is 12.6. The average molecular weight is 364 g/mol. The summed E-state index contributed by atoms with van der Waals surface area (Å²) in [5.74, 6) is -0.514. The molecule has 0 bridgehead atoms. The number of rotatable bonds is 0. The summed E-state index contributed by atoms with van der Waals surface area (Å²) in [5, 5.41) is 0. The van der Waals surface area contributed by atoms with Crippen molar-refractivity contribution in [1.29, 1.82) is 0 Å². The zero-order chi connectivity index (χ0) is 17.9. The first kappa shape index (κ1) is 17.9. The molecule has 2 aliphatic rings. The normalized spacial score (nSPS) is 29.6. The number of allylic oxidation sites excluding steroid dienone is 1. The quantitative estimate of drug-likeness (QED) is 0.687. The molecular formula is C18H24N2O4S. The fourth-order valence-electron chi connectivity index (χ4n) is 3.03. The van der Waals surface area contributed by atoms with E-state index < -0.39 is 21.5 Å². The molecular weight excluding hydrogens is 340 g/mol. The monoisotopic (exact) mass is 364 g/mol. The Labute approximate surface area is 148 Å². The van der Waals surface area contributed by atoms with Gasteiger partial charge in [-0.1, -0.05) is 37.1 Å². The summed E-state index contributed by atoms with van der Waals surface area (Å²) in [6.45, 7) is 0.444. The van der Waals surface area contributed by atoms with Crippen molar-refractivity contribution in [1.82, 2.24) is 4.72 Å². The molecule has 7 heteroatoms. The summed E-state index contributed by atoms with van der Waals surface area (Å²) in [7, 11) is -4.03. The molecule has 3 rings (SSSR count). The van der Waals surface area contributed by atoms with Gasteiger partial charge in [-0.3, -0.25) is 4.79 Å². The van der Waals surface area contributed by atoms with Crippen molar-refractivity contribution in [2.75, 3.05) is 6.61 Å². The molecule has 0 radical (unpaired) electrons. The van der Waals surface area contributed by atoms with Gasteiger partial charge < -0.3 is 10.5 Å². The number of hydrogen-bond donors (Lipinski definition) is 2. The van der Waals surface area contributed by atoms with Crippen LogP contribution in [0.3, 0.4) is 0 Å². The highest BCUT2D eigenvalue weighted by molar-refractivity contribution is 7.90.